The second-order valence-corrected chi connectivity index (χ2v) is 12.6. The van der Waals surface area contributed by atoms with Gasteiger partial charge in [-0.25, -0.2) is 9.59 Å². The van der Waals surface area contributed by atoms with Crippen molar-refractivity contribution in [3.8, 4) is 0 Å². The summed E-state index contributed by atoms with van der Waals surface area (Å²) in [5.41, 5.74) is 6.83. The number of likely N-dealkylation sites (tertiary alicyclic amines) is 1. The van der Waals surface area contributed by atoms with Crippen LogP contribution >= 0.6 is 11.6 Å². The van der Waals surface area contributed by atoms with Crippen molar-refractivity contribution in [3.05, 3.63) is 82.6 Å². The Kier molecular flexibility index (Phi) is 9.54. The topological polar surface area (TPSA) is 127 Å². The van der Waals surface area contributed by atoms with Gasteiger partial charge in [-0.15, -0.1) is 0 Å². The second-order valence-electron chi connectivity index (χ2n) is 12.2. The summed E-state index contributed by atoms with van der Waals surface area (Å²) in [7, 11) is 0. The standard InChI is InChI=1S/C33H36ClF3N8O3/c34-26-18-21(17-25(29(26)38)33(35,36)37)19-28(30(46)43-15-13-42(14-16-43)23-5-9-39-10-6-23)41-31(47)44-11-7-24(8-12-44)45-20-22-3-1-2-4-27(22)40-32(45)48/h1-6,9-10,17-18,24,28H,7-8,11-16,19-20,38H2,(H,40,48)(H,41,47)/t28-/m1/s1. The van der Waals surface area contributed by atoms with E-state index in [0.717, 1.165) is 23.0 Å². The Bertz CT molecular complexity index is 1660. The van der Waals surface area contributed by atoms with Gasteiger partial charge in [0, 0.05) is 82.0 Å². The zero-order valence-corrected chi connectivity index (χ0v) is 26.8. The Morgan fingerprint density at radius 2 is 1.69 bits per heavy atom. The molecular weight excluding hydrogens is 649 g/mol. The third kappa shape index (κ3) is 7.23. The maximum Gasteiger partial charge on any atom is 0.418 e. The third-order valence-electron chi connectivity index (χ3n) is 9.20. The SMILES string of the molecule is Nc1c(Cl)cc(C[C@@H](NC(=O)N2CCC(N3Cc4ccccc4NC3=O)CC2)C(=O)N2CCN(c3ccncc3)CC2)cc1C(F)(F)F. The number of alkyl halides is 3. The number of piperidine rings is 1. The number of halogens is 4. The molecule has 1 aromatic heterocycles. The van der Waals surface area contributed by atoms with E-state index in [2.05, 4.69) is 20.5 Å². The van der Waals surface area contributed by atoms with E-state index < -0.39 is 35.4 Å². The Labute approximate surface area is 280 Å². The van der Waals surface area contributed by atoms with Crippen LogP contribution in [-0.2, 0) is 23.9 Å². The van der Waals surface area contributed by atoms with Gasteiger partial charge in [-0.05, 0) is 54.3 Å². The first kappa shape index (κ1) is 33.2. The molecule has 6 rings (SSSR count). The number of amides is 5. The van der Waals surface area contributed by atoms with Gasteiger partial charge in [0.1, 0.15) is 6.04 Å². The van der Waals surface area contributed by atoms with Crippen LogP contribution < -0.4 is 21.3 Å². The van der Waals surface area contributed by atoms with Crippen LogP contribution in [0.4, 0.5) is 39.8 Å². The molecule has 15 heteroatoms. The van der Waals surface area contributed by atoms with Gasteiger partial charge in [0.2, 0.25) is 5.91 Å². The highest BCUT2D eigenvalue weighted by atomic mass is 35.5. The maximum absolute atomic E-state index is 13.9. The molecule has 0 unspecified atom stereocenters. The number of fused-ring (bicyclic) bond motifs is 1. The average molecular weight is 685 g/mol. The molecule has 2 fully saturated rings. The van der Waals surface area contributed by atoms with Gasteiger partial charge in [-0.1, -0.05) is 29.8 Å². The Hall–Kier alpha value is -4.72. The number of piperazine rings is 1. The summed E-state index contributed by atoms with van der Waals surface area (Å²) >= 11 is 6.10. The van der Waals surface area contributed by atoms with Gasteiger partial charge >= 0.3 is 18.2 Å². The zero-order chi connectivity index (χ0) is 34.0. The first-order valence-electron chi connectivity index (χ1n) is 15.8. The number of carbonyl (C=O) groups is 3. The molecule has 3 aliphatic heterocycles. The van der Waals surface area contributed by atoms with Crippen molar-refractivity contribution >= 4 is 46.6 Å². The van der Waals surface area contributed by atoms with Crippen LogP contribution in [0.15, 0.2) is 60.9 Å². The lowest BCUT2D eigenvalue weighted by atomic mass is 10.00. The van der Waals surface area contributed by atoms with Crippen molar-refractivity contribution in [3.63, 3.8) is 0 Å². The highest BCUT2D eigenvalue weighted by Crippen LogP contribution is 2.38. The van der Waals surface area contributed by atoms with Crippen LogP contribution in [0.1, 0.15) is 29.5 Å². The molecule has 4 heterocycles. The minimum Gasteiger partial charge on any atom is -0.397 e. The number of nitrogens with two attached hydrogens (primary N) is 1. The number of carbonyl (C=O) groups excluding carboxylic acids is 3. The predicted octanol–water partition coefficient (Wildman–Crippen LogP) is 4.82. The second kappa shape index (κ2) is 13.8. The van der Waals surface area contributed by atoms with Gasteiger partial charge < -0.3 is 36.0 Å². The zero-order valence-electron chi connectivity index (χ0n) is 26.0. The Morgan fingerprint density at radius 3 is 2.38 bits per heavy atom. The normalized spacial score (nSPS) is 17.9. The molecule has 5 amide bonds. The molecule has 254 valence electrons. The molecule has 0 aliphatic carbocycles. The Balaban J connectivity index is 1.14. The van der Waals surface area contributed by atoms with Crippen molar-refractivity contribution in [2.75, 3.05) is 55.2 Å². The molecule has 0 bridgehead atoms. The van der Waals surface area contributed by atoms with E-state index in [1.807, 2.05) is 36.4 Å². The van der Waals surface area contributed by atoms with Crippen molar-refractivity contribution in [2.24, 2.45) is 0 Å². The number of hydrogen-bond donors (Lipinski definition) is 3. The smallest absolute Gasteiger partial charge is 0.397 e. The average Bonchev–Trinajstić information content (AvgIpc) is 3.09. The molecule has 0 spiro atoms. The molecule has 3 aliphatic rings. The van der Waals surface area contributed by atoms with Gasteiger partial charge in [0.25, 0.3) is 0 Å². The number of anilines is 3. The lowest BCUT2D eigenvalue weighted by Crippen LogP contribution is -2.58. The number of hydrogen-bond acceptors (Lipinski definition) is 6. The number of urea groups is 2. The molecule has 48 heavy (non-hydrogen) atoms. The fraction of sp³-hybridized carbons (Fsp3) is 0.394. The molecule has 1 atom stereocenters. The number of nitrogen functional groups attached to an aromatic ring is 1. The van der Waals surface area contributed by atoms with Crippen molar-refractivity contribution in [2.45, 2.75) is 44.1 Å². The highest BCUT2D eigenvalue weighted by molar-refractivity contribution is 6.33. The molecule has 2 aromatic carbocycles. The van der Waals surface area contributed by atoms with Crippen LogP contribution in [0.5, 0.6) is 0 Å². The minimum absolute atomic E-state index is 0.0887. The number of pyridine rings is 1. The lowest BCUT2D eigenvalue weighted by Gasteiger charge is -2.41. The molecule has 2 saturated heterocycles. The van der Waals surface area contributed by atoms with E-state index in [0.29, 0.717) is 58.7 Å². The predicted molar refractivity (Wildman–Crippen MR) is 176 cm³/mol. The first-order valence-corrected chi connectivity index (χ1v) is 16.2. The van der Waals surface area contributed by atoms with Crippen molar-refractivity contribution in [1.29, 1.82) is 0 Å². The van der Waals surface area contributed by atoms with Gasteiger partial charge in [0.15, 0.2) is 0 Å². The van der Waals surface area contributed by atoms with Gasteiger partial charge in [-0.3, -0.25) is 9.78 Å². The summed E-state index contributed by atoms with van der Waals surface area (Å²) in [6, 6.07) is 11.6. The number of benzene rings is 2. The minimum atomic E-state index is -4.76. The van der Waals surface area contributed by atoms with Crippen LogP contribution in [-0.4, -0.2) is 89.0 Å². The number of para-hydroxylation sites is 1. The highest BCUT2D eigenvalue weighted by Gasteiger charge is 2.37. The van der Waals surface area contributed by atoms with Gasteiger partial charge in [-0.2, -0.15) is 13.2 Å². The molecule has 0 radical (unpaired) electrons. The van der Waals surface area contributed by atoms with Crippen LogP contribution in [0.25, 0.3) is 0 Å². The molecular formula is C33H36ClF3N8O3. The molecule has 0 saturated carbocycles. The van der Waals surface area contributed by atoms with Crippen LogP contribution in [0.2, 0.25) is 5.02 Å². The number of rotatable bonds is 6. The van der Waals surface area contributed by atoms with E-state index in [-0.39, 0.29) is 29.1 Å². The lowest BCUT2D eigenvalue weighted by molar-refractivity contribution is -0.137. The summed E-state index contributed by atoms with van der Waals surface area (Å²) in [6.45, 7) is 2.91. The van der Waals surface area contributed by atoms with E-state index in [4.69, 9.17) is 17.3 Å². The number of nitrogens with one attached hydrogen (secondary N) is 2. The van der Waals surface area contributed by atoms with E-state index >= 15 is 0 Å². The van der Waals surface area contributed by atoms with Gasteiger partial charge in [0.05, 0.1) is 16.3 Å². The maximum atomic E-state index is 13.9. The molecule has 11 nitrogen and oxygen atoms in total. The van der Waals surface area contributed by atoms with E-state index in [1.165, 1.54) is 6.07 Å². The monoisotopic (exact) mass is 684 g/mol. The number of nitrogens with zero attached hydrogens (tertiary/aromatic N) is 5. The van der Waals surface area contributed by atoms with Crippen LogP contribution in [0, 0.1) is 0 Å². The first-order chi connectivity index (χ1) is 23.0. The third-order valence-corrected chi connectivity index (χ3v) is 9.52. The molecule has 4 N–H and O–H groups in total. The quantitative estimate of drug-likeness (QED) is 0.320. The van der Waals surface area contributed by atoms with Crippen molar-refractivity contribution in [1.82, 2.24) is 25.0 Å². The summed E-state index contributed by atoms with van der Waals surface area (Å²) in [6.07, 6.45) is -0.541. The largest absolute Gasteiger partial charge is 0.418 e. The van der Waals surface area contributed by atoms with Crippen LogP contribution in [0.3, 0.4) is 0 Å². The fourth-order valence-corrected chi connectivity index (χ4v) is 6.80. The van der Waals surface area contributed by atoms with E-state index in [1.54, 1.807) is 27.1 Å². The summed E-state index contributed by atoms with van der Waals surface area (Å²) in [4.78, 5) is 51.5. The summed E-state index contributed by atoms with van der Waals surface area (Å²) in [5, 5.41) is 5.45. The fourth-order valence-electron chi connectivity index (χ4n) is 6.56. The summed E-state index contributed by atoms with van der Waals surface area (Å²) < 4.78 is 41.3. The molecule has 3 aromatic rings. The number of aromatic nitrogens is 1. The summed E-state index contributed by atoms with van der Waals surface area (Å²) in [5.74, 6) is -0.405. The van der Waals surface area contributed by atoms with Crippen molar-refractivity contribution < 1.29 is 27.6 Å². The Morgan fingerprint density at radius 1 is 1.00 bits per heavy atom. The van der Waals surface area contributed by atoms with E-state index in [9.17, 15) is 27.6 Å².